The van der Waals surface area contributed by atoms with E-state index in [1.165, 1.54) is 128 Å². The Bertz CT molecular complexity index is 741. The maximum Gasteiger partial charge on any atom is 0.220 e. The predicted molar refractivity (Wildman–Crippen MR) is 202 cm³/mol. The minimum Gasteiger partial charge on any atom is -0.394 e. The molecule has 3 N–H and O–H groups in total. The standard InChI is InChI=1S/C42H77NO3/c1-3-5-7-9-11-13-14-15-16-17-18-19-20-21-22-23-24-25-26-27-28-30-31-33-35-37-41(45)40(39-44)43-42(46)38-36-34-32-29-12-10-8-6-4-2/h24-25,28-30,32,35,37,40-41,44-45H,3-23,26-27,31,33-34,36,38-39H2,1-2H3,(H,43,46)/b25-24+,30-28+,32-29-,37-35+. The quantitative estimate of drug-likeness (QED) is 0.0475. The summed E-state index contributed by atoms with van der Waals surface area (Å²) in [4.78, 5) is 12.2. The number of amides is 1. The predicted octanol–water partition coefficient (Wildman–Crippen LogP) is 12.0. The van der Waals surface area contributed by atoms with Crippen LogP contribution >= 0.6 is 0 Å². The molecule has 0 aliphatic heterocycles. The second kappa shape index (κ2) is 37.8. The number of nitrogens with one attached hydrogen (secondary N) is 1. The SMILES string of the molecule is CCCCCC/C=C\CCCC(=O)NC(CO)C(O)/C=C/CC/C=C/CC/C=C/CCCCCCCCCCCCCCCCC. The van der Waals surface area contributed by atoms with Gasteiger partial charge in [-0.05, 0) is 64.2 Å². The zero-order chi connectivity index (χ0) is 33.6. The molecule has 0 aliphatic carbocycles. The maximum absolute atomic E-state index is 12.2. The molecule has 0 radical (unpaired) electrons. The number of aliphatic hydroxyl groups is 2. The van der Waals surface area contributed by atoms with Crippen molar-refractivity contribution in [3.8, 4) is 0 Å². The van der Waals surface area contributed by atoms with Crippen molar-refractivity contribution in [3.05, 3.63) is 48.6 Å². The highest BCUT2D eigenvalue weighted by Crippen LogP contribution is 2.14. The fraction of sp³-hybridized carbons (Fsp3) is 0.786. The highest BCUT2D eigenvalue weighted by Gasteiger charge is 2.17. The van der Waals surface area contributed by atoms with Gasteiger partial charge in [0, 0.05) is 6.42 Å². The van der Waals surface area contributed by atoms with E-state index in [0.717, 1.165) is 44.9 Å². The number of hydrogen-bond donors (Lipinski definition) is 3. The second-order valence-electron chi connectivity index (χ2n) is 13.3. The normalized spacial score (nSPS) is 13.6. The molecule has 268 valence electrons. The number of aliphatic hydroxyl groups excluding tert-OH is 2. The van der Waals surface area contributed by atoms with E-state index in [1.54, 1.807) is 6.08 Å². The molecule has 0 aromatic rings. The van der Waals surface area contributed by atoms with Gasteiger partial charge in [0.15, 0.2) is 0 Å². The highest BCUT2D eigenvalue weighted by atomic mass is 16.3. The number of unbranched alkanes of at least 4 members (excludes halogenated alkanes) is 22. The number of rotatable bonds is 35. The van der Waals surface area contributed by atoms with Crippen LogP contribution in [-0.4, -0.2) is 34.9 Å². The lowest BCUT2D eigenvalue weighted by atomic mass is 10.0. The summed E-state index contributed by atoms with van der Waals surface area (Å²) in [6, 6.07) is -0.658. The van der Waals surface area contributed by atoms with Crippen molar-refractivity contribution in [2.45, 2.75) is 206 Å². The van der Waals surface area contributed by atoms with E-state index in [4.69, 9.17) is 0 Å². The lowest BCUT2D eigenvalue weighted by Crippen LogP contribution is -2.45. The van der Waals surface area contributed by atoms with Gasteiger partial charge in [-0.1, -0.05) is 172 Å². The van der Waals surface area contributed by atoms with Gasteiger partial charge in [-0.2, -0.15) is 0 Å². The van der Waals surface area contributed by atoms with E-state index in [2.05, 4.69) is 55.6 Å². The van der Waals surface area contributed by atoms with Gasteiger partial charge in [0.25, 0.3) is 0 Å². The molecule has 0 bridgehead atoms. The average molecular weight is 644 g/mol. The molecule has 1 amide bonds. The van der Waals surface area contributed by atoms with Crippen molar-refractivity contribution in [2.24, 2.45) is 0 Å². The van der Waals surface area contributed by atoms with E-state index >= 15 is 0 Å². The summed E-state index contributed by atoms with van der Waals surface area (Å²) in [5.41, 5.74) is 0. The minimum atomic E-state index is -0.879. The molecule has 0 aromatic heterocycles. The van der Waals surface area contributed by atoms with Gasteiger partial charge in [-0.25, -0.2) is 0 Å². The van der Waals surface area contributed by atoms with Crippen molar-refractivity contribution < 1.29 is 15.0 Å². The third-order valence-corrected chi connectivity index (χ3v) is 8.76. The summed E-state index contributed by atoms with van der Waals surface area (Å²) in [5, 5.41) is 22.8. The molecule has 0 saturated heterocycles. The Balaban J connectivity index is 3.64. The van der Waals surface area contributed by atoms with Crippen LogP contribution in [0.2, 0.25) is 0 Å². The van der Waals surface area contributed by atoms with E-state index in [1.807, 2.05) is 6.08 Å². The molecule has 4 nitrogen and oxygen atoms in total. The van der Waals surface area contributed by atoms with Crippen LogP contribution in [0.5, 0.6) is 0 Å². The van der Waals surface area contributed by atoms with Crippen LogP contribution in [-0.2, 0) is 4.79 Å². The Hall–Kier alpha value is -1.65. The van der Waals surface area contributed by atoms with Crippen LogP contribution in [0, 0.1) is 0 Å². The van der Waals surface area contributed by atoms with E-state index in [-0.39, 0.29) is 12.5 Å². The van der Waals surface area contributed by atoms with E-state index in [0.29, 0.717) is 6.42 Å². The van der Waals surface area contributed by atoms with Crippen LogP contribution in [0.4, 0.5) is 0 Å². The third-order valence-electron chi connectivity index (χ3n) is 8.76. The second-order valence-corrected chi connectivity index (χ2v) is 13.3. The van der Waals surface area contributed by atoms with Crippen LogP contribution < -0.4 is 5.32 Å². The fourth-order valence-corrected chi connectivity index (χ4v) is 5.68. The molecule has 46 heavy (non-hydrogen) atoms. The Morgan fingerprint density at radius 2 is 0.848 bits per heavy atom. The molecule has 0 spiro atoms. The minimum absolute atomic E-state index is 0.116. The zero-order valence-electron chi connectivity index (χ0n) is 30.6. The van der Waals surface area contributed by atoms with Gasteiger partial charge in [-0.3, -0.25) is 4.79 Å². The van der Waals surface area contributed by atoms with Crippen LogP contribution in [0.15, 0.2) is 48.6 Å². The first-order valence-corrected chi connectivity index (χ1v) is 19.9. The zero-order valence-corrected chi connectivity index (χ0v) is 30.6. The molecular formula is C42H77NO3. The number of carbonyl (C=O) groups is 1. The van der Waals surface area contributed by atoms with Gasteiger partial charge < -0.3 is 15.5 Å². The Kier molecular flexibility index (Phi) is 36.4. The highest BCUT2D eigenvalue weighted by molar-refractivity contribution is 5.76. The molecule has 0 heterocycles. The maximum atomic E-state index is 12.2. The van der Waals surface area contributed by atoms with Crippen molar-refractivity contribution >= 4 is 5.91 Å². The lowest BCUT2D eigenvalue weighted by molar-refractivity contribution is -0.122. The summed E-state index contributed by atoms with van der Waals surface area (Å²) in [7, 11) is 0. The molecule has 0 saturated carbocycles. The molecule has 0 aromatic carbocycles. The van der Waals surface area contributed by atoms with E-state index in [9.17, 15) is 15.0 Å². The summed E-state index contributed by atoms with van der Waals surface area (Å²) < 4.78 is 0. The van der Waals surface area contributed by atoms with Crippen molar-refractivity contribution in [1.29, 1.82) is 0 Å². The molecular weight excluding hydrogens is 566 g/mol. The van der Waals surface area contributed by atoms with Gasteiger partial charge in [0.05, 0.1) is 18.8 Å². The largest absolute Gasteiger partial charge is 0.394 e. The smallest absolute Gasteiger partial charge is 0.220 e. The molecule has 2 unspecified atom stereocenters. The van der Waals surface area contributed by atoms with Crippen LogP contribution in [0.25, 0.3) is 0 Å². The number of carbonyl (C=O) groups excluding carboxylic acids is 1. The van der Waals surface area contributed by atoms with Gasteiger partial charge in [0.1, 0.15) is 0 Å². The first-order valence-electron chi connectivity index (χ1n) is 19.9. The summed E-state index contributed by atoms with van der Waals surface area (Å²) >= 11 is 0. The summed E-state index contributed by atoms with van der Waals surface area (Å²) in [6.07, 6.45) is 50.9. The molecule has 2 atom stereocenters. The first kappa shape index (κ1) is 44.4. The Labute approximate surface area is 286 Å². The topological polar surface area (TPSA) is 69.6 Å². The van der Waals surface area contributed by atoms with E-state index < -0.39 is 12.1 Å². The number of allylic oxidation sites excluding steroid dienone is 7. The monoisotopic (exact) mass is 644 g/mol. The summed E-state index contributed by atoms with van der Waals surface area (Å²) in [6.45, 7) is 4.23. The van der Waals surface area contributed by atoms with Gasteiger partial charge in [0.2, 0.25) is 5.91 Å². The van der Waals surface area contributed by atoms with Crippen LogP contribution in [0.3, 0.4) is 0 Å². The first-order chi connectivity index (χ1) is 22.7. The van der Waals surface area contributed by atoms with Crippen LogP contribution in [0.1, 0.15) is 194 Å². The van der Waals surface area contributed by atoms with Crippen molar-refractivity contribution in [2.75, 3.05) is 6.61 Å². The average Bonchev–Trinajstić information content (AvgIpc) is 3.06. The molecule has 0 fully saturated rings. The third kappa shape index (κ3) is 33.7. The molecule has 4 heteroatoms. The molecule has 0 rings (SSSR count). The Morgan fingerprint density at radius 1 is 0.500 bits per heavy atom. The lowest BCUT2D eigenvalue weighted by Gasteiger charge is -2.19. The fourth-order valence-electron chi connectivity index (χ4n) is 5.68. The summed E-state index contributed by atoms with van der Waals surface area (Å²) in [5.74, 6) is -0.116. The van der Waals surface area contributed by atoms with Crippen molar-refractivity contribution in [1.82, 2.24) is 5.32 Å². The van der Waals surface area contributed by atoms with Gasteiger partial charge >= 0.3 is 0 Å². The van der Waals surface area contributed by atoms with Gasteiger partial charge in [-0.15, -0.1) is 0 Å². The van der Waals surface area contributed by atoms with Crippen molar-refractivity contribution in [3.63, 3.8) is 0 Å². The Morgan fingerprint density at radius 3 is 1.28 bits per heavy atom. The molecule has 0 aliphatic rings. The number of hydrogen-bond acceptors (Lipinski definition) is 3.